The Kier molecular flexibility index (Phi) is 3.96. The molecule has 0 saturated carbocycles. The van der Waals surface area contributed by atoms with Crippen LogP contribution in [0.1, 0.15) is 23.6 Å². The zero-order valence-corrected chi connectivity index (χ0v) is 12.6. The van der Waals surface area contributed by atoms with Gasteiger partial charge in [-0.15, -0.1) is 0 Å². The highest BCUT2D eigenvalue weighted by Crippen LogP contribution is 2.33. The molecular weight excluding hydrogens is 260 g/mol. The molecule has 2 nitrogen and oxygen atoms in total. The first-order valence-electron chi connectivity index (χ1n) is 7.39. The van der Waals surface area contributed by atoms with Crippen molar-refractivity contribution < 1.29 is 9.47 Å². The van der Waals surface area contributed by atoms with Gasteiger partial charge in [0, 0.05) is 0 Å². The first-order chi connectivity index (χ1) is 10.3. The smallest absolute Gasteiger partial charge is 0.161 e. The Morgan fingerprint density at radius 2 is 1.90 bits per heavy atom. The summed E-state index contributed by atoms with van der Waals surface area (Å²) < 4.78 is 11.0. The van der Waals surface area contributed by atoms with Crippen LogP contribution >= 0.6 is 0 Å². The van der Waals surface area contributed by atoms with Crippen LogP contribution in [-0.4, -0.2) is 13.7 Å². The summed E-state index contributed by atoms with van der Waals surface area (Å²) in [4.78, 5) is 0. The minimum atomic E-state index is 0.647. The molecule has 1 aliphatic rings. The van der Waals surface area contributed by atoms with Gasteiger partial charge in [0.05, 0.1) is 13.7 Å². The summed E-state index contributed by atoms with van der Waals surface area (Å²) in [5.74, 6) is 1.62. The second-order valence-corrected chi connectivity index (χ2v) is 5.19. The first kappa shape index (κ1) is 13.7. The minimum absolute atomic E-state index is 0.647. The Bertz CT molecular complexity index is 671. The van der Waals surface area contributed by atoms with Crippen molar-refractivity contribution in [3.63, 3.8) is 0 Å². The van der Waals surface area contributed by atoms with Crippen molar-refractivity contribution in [3.8, 4) is 11.5 Å². The average molecular weight is 280 g/mol. The van der Waals surface area contributed by atoms with Gasteiger partial charge in [-0.1, -0.05) is 36.4 Å². The lowest BCUT2D eigenvalue weighted by atomic mass is 9.99. The van der Waals surface area contributed by atoms with Crippen LogP contribution in [0.3, 0.4) is 0 Å². The Hall–Kier alpha value is -2.22. The molecule has 0 aliphatic heterocycles. The Morgan fingerprint density at radius 1 is 1.05 bits per heavy atom. The van der Waals surface area contributed by atoms with Gasteiger partial charge in [-0.25, -0.2) is 0 Å². The molecule has 1 aliphatic carbocycles. The number of methoxy groups -OCH3 is 1. The van der Waals surface area contributed by atoms with E-state index in [1.807, 2.05) is 13.0 Å². The van der Waals surface area contributed by atoms with Crippen LogP contribution < -0.4 is 9.47 Å². The van der Waals surface area contributed by atoms with Gasteiger partial charge in [-0.3, -0.25) is 0 Å². The molecule has 2 aromatic carbocycles. The fraction of sp³-hybridized carbons (Fsp3) is 0.263. The van der Waals surface area contributed by atoms with Crippen LogP contribution in [0.15, 0.2) is 48.5 Å². The van der Waals surface area contributed by atoms with Gasteiger partial charge in [0.1, 0.15) is 0 Å². The van der Waals surface area contributed by atoms with E-state index in [4.69, 9.17) is 9.47 Å². The number of hydrogen-bond donors (Lipinski definition) is 0. The van der Waals surface area contributed by atoms with Gasteiger partial charge < -0.3 is 9.47 Å². The normalized spacial score (nSPS) is 12.8. The number of fused-ring (bicyclic) bond motifs is 1. The highest BCUT2D eigenvalue weighted by molar-refractivity contribution is 5.74. The van der Waals surface area contributed by atoms with E-state index in [0.717, 1.165) is 24.3 Å². The largest absolute Gasteiger partial charge is 0.493 e. The van der Waals surface area contributed by atoms with Crippen molar-refractivity contribution in [1.82, 2.24) is 0 Å². The molecule has 0 N–H and O–H groups in total. The van der Waals surface area contributed by atoms with Crippen LogP contribution in [-0.2, 0) is 12.8 Å². The molecule has 0 spiro atoms. The summed E-state index contributed by atoms with van der Waals surface area (Å²) in [7, 11) is 1.69. The van der Waals surface area contributed by atoms with Crippen LogP contribution in [0.5, 0.6) is 11.5 Å². The van der Waals surface area contributed by atoms with Crippen molar-refractivity contribution in [2.45, 2.75) is 19.8 Å². The van der Waals surface area contributed by atoms with E-state index in [1.54, 1.807) is 7.11 Å². The van der Waals surface area contributed by atoms with Gasteiger partial charge in [0.25, 0.3) is 0 Å². The van der Waals surface area contributed by atoms with Crippen molar-refractivity contribution in [2.75, 3.05) is 13.7 Å². The van der Waals surface area contributed by atoms with Crippen LogP contribution in [0, 0.1) is 0 Å². The number of benzene rings is 2. The van der Waals surface area contributed by atoms with E-state index in [9.17, 15) is 0 Å². The van der Waals surface area contributed by atoms with Crippen molar-refractivity contribution in [1.29, 1.82) is 0 Å². The average Bonchev–Trinajstić information content (AvgIpc) is 2.92. The second kappa shape index (κ2) is 6.04. The molecule has 0 heterocycles. The maximum atomic E-state index is 5.57. The van der Waals surface area contributed by atoms with Crippen LogP contribution in [0.2, 0.25) is 0 Å². The summed E-state index contributed by atoms with van der Waals surface area (Å²) >= 11 is 0. The third-order valence-corrected chi connectivity index (χ3v) is 3.85. The topological polar surface area (TPSA) is 18.5 Å². The number of ether oxygens (including phenoxy) is 2. The quantitative estimate of drug-likeness (QED) is 0.814. The molecule has 0 unspecified atom stereocenters. The maximum absolute atomic E-state index is 5.57. The van der Waals surface area contributed by atoms with Gasteiger partial charge in [-0.2, -0.15) is 0 Å². The molecular formula is C19H20O2. The number of allylic oxidation sites excluding steroid dienone is 2. The number of rotatable bonds is 5. The summed E-state index contributed by atoms with van der Waals surface area (Å²) in [5, 5.41) is 0. The zero-order chi connectivity index (χ0) is 14.7. The van der Waals surface area contributed by atoms with Crippen LogP contribution in [0.25, 0.3) is 5.57 Å². The molecule has 0 bridgehead atoms. The summed E-state index contributed by atoms with van der Waals surface area (Å²) in [5.41, 5.74) is 5.45. The fourth-order valence-electron chi connectivity index (χ4n) is 2.84. The zero-order valence-electron chi connectivity index (χ0n) is 12.6. The molecule has 2 aromatic rings. The van der Waals surface area contributed by atoms with Gasteiger partial charge in [0.15, 0.2) is 11.5 Å². The highest BCUT2D eigenvalue weighted by atomic mass is 16.5. The summed E-state index contributed by atoms with van der Waals surface area (Å²) in [6, 6.07) is 14.8. The standard InChI is InChI=1S/C19H20O2/c1-3-21-18-11-8-14(13-19(18)20-2)12-16-10-9-15-6-4-5-7-17(15)16/h4-8,10-11,13H,3,9,12H2,1-2H3. The Morgan fingerprint density at radius 3 is 2.71 bits per heavy atom. The molecule has 0 saturated heterocycles. The van der Waals surface area contributed by atoms with E-state index < -0.39 is 0 Å². The lowest BCUT2D eigenvalue weighted by Crippen LogP contribution is -1.97. The lowest BCUT2D eigenvalue weighted by molar-refractivity contribution is 0.310. The third kappa shape index (κ3) is 2.80. The summed E-state index contributed by atoms with van der Waals surface area (Å²) in [6.45, 7) is 2.63. The molecule has 2 heteroatoms. The van der Waals surface area contributed by atoms with Gasteiger partial charge in [-0.05, 0) is 54.2 Å². The Balaban J connectivity index is 1.83. The van der Waals surface area contributed by atoms with E-state index in [1.165, 1.54) is 22.3 Å². The molecule has 0 radical (unpaired) electrons. The predicted octanol–water partition coefficient (Wildman–Crippen LogP) is 4.28. The third-order valence-electron chi connectivity index (χ3n) is 3.85. The van der Waals surface area contributed by atoms with E-state index >= 15 is 0 Å². The molecule has 108 valence electrons. The first-order valence-corrected chi connectivity index (χ1v) is 7.39. The van der Waals surface area contributed by atoms with Gasteiger partial charge in [0.2, 0.25) is 0 Å². The molecule has 3 rings (SSSR count). The Labute approximate surface area is 126 Å². The number of hydrogen-bond acceptors (Lipinski definition) is 2. The maximum Gasteiger partial charge on any atom is 0.161 e. The summed E-state index contributed by atoms with van der Waals surface area (Å²) in [6.07, 6.45) is 4.30. The molecule has 0 atom stereocenters. The highest BCUT2D eigenvalue weighted by Gasteiger charge is 2.14. The second-order valence-electron chi connectivity index (χ2n) is 5.19. The molecule has 0 fully saturated rings. The lowest BCUT2D eigenvalue weighted by Gasteiger charge is -2.12. The van der Waals surface area contributed by atoms with Crippen molar-refractivity contribution in [3.05, 3.63) is 65.2 Å². The molecule has 21 heavy (non-hydrogen) atoms. The monoisotopic (exact) mass is 280 g/mol. The molecule has 0 aromatic heterocycles. The van der Waals surface area contributed by atoms with Crippen molar-refractivity contribution in [2.24, 2.45) is 0 Å². The SMILES string of the molecule is CCOc1ccc(CC2=CCc3ccccc32)cc1OC. The van der Waals surface area contributed by atoms with Crippen molar-refractivity contribution >= 4 is 5.57 Å². The van der Waals surface area contributed by atoms with E-state index in [2.05, 4.69) is 42.5 Å². The predicted molar refractivity (Wildman–Crippen MR) is 86.0 cm³/mol. The minimum Gasteiger partial charge on any atom is -0.493 e. The van der Waals surface area contributed by atoms with E-state index in [-0.39, 0.29) is 0 Å². The fourth-order valence-corrected chi connectivity index (χ4v) is 2.84. The molecule has 0 amide bonds. The van der Waals surface area contributed by atoms with Crippen LogP contribution in [0.4, 0.5) is 0 Å². The van der Waals surface area contributed by atoms with Gasteiger partial charge >= 0.3 is 0 Å². The van der Waals surface area contributed by atoms with E-state index in [0.29, 0.717) is 6.61 Å².